The summed E-state index contributed by atoms with van der Waals surface area (Å²) in [6, 6.07) is 17.8. The fourth-order valence-corrected chi connectivity index (χ4v) is 3.79. The number of benzene rings is 2. The van der Waals surface area contributed by atoms with E-state index in [1.165, 1.54) is 5.56 Å². The molecule has 2 amide bonds. The van der Waals surface area contributed by atoms with E-state index in [1.807, 2.05) is 42.5 Å². The van der Waals surface area contributed by atoms with Gasteiger partial charge in [0.05, 0.1) is 12.6 Å². The molecule has 3 rings (SSSR count). The van der Waals surface area contributed by atoms with Crippen LogP contribution < -0.4 is 21.7 Å². The molecule has 0 unspecified atom stereocenters. The van der Waals surface area contributed by atoms with Crippen molar-refractivity contribution in [2.45, 2.75) is 29.2 Å². The van der Waals surface area contributed by atoms with E-state index in [-0.39, 0.29) is 55.3 Å². The van der Waals surface area contributed by atoms with E-state index in [1.54, 1.807) is 11.8 Å². The van der Waals surface area contributed by atoms with Crippen LogP contribution in [-0.2, 0) is 15.3 Å². The van der Waals surface area contributed by atoms with Gasteiger partial charge in [-0.15, -0.1) is 36.6 Å². The average Bonchev–Trinajstić information content (AvgIpc) is 3.17. The number of nitrogens with one attached hydrogen (secondary N) is 3. The zero-order valence-electron chi connectivity index (χ0n) is 15.8. The summed E-state index contributed by atoms with van der Waals surface area (Å²) in [7, 11) is 0. The molecule has 5 N–H and O–H groups in total. The molecule has 0 radical (unpaired) electrons. The molecule has 0 aliphatic carbocycles. The molecule has 0 aromatic heterocycles. The van der Waals surface area contributed by atoms with Gasteiger partial charge in [-0.1, -0.05) is 30.3 Å². The van der Waals surface area contributed by atoms with Crippen molar-refractivity contribution in [3.05, 3.63) is 60.2 Å². The quantitative estimate of drug-likeness (QED) is 0.480. The fourth-order valence-electron chi connectivity index (χ4n) is 2.94. The fraction of sp³-hybridized carbons (Fsp3) is 0.300. The highest BCUT2D eigenvalue weighted by Gasteiger charge is 2.30. The van der Waals surface area contributed by atoms with Crippen LogP contribution in [0.15, 0.2) is 59.5 Å². The summed E-state index contributed by atoms with van der Waals surface area (Å²) >= 11 is 1.76. The first-order valence-corrected chi connectivity index (χ1v) is 9.93. The molecule has 1 fully saturated rings. The van der Waals surface area contributed by atoms with E-state index in [4.69, 9.17) is 5.73 Å². The summed E-state index contributed by atoms with van der Waals surface area (Å²) in [6.07, 6.45) is 0.558. The van der Waals surface area contributed by atoms with Crippen molar-refractivity contribution in [2.75, 3.05) is 18.4 Å². The molecule has 2 aromatic rings. The SMILES string of the molecule is Cl.Cl.NCC(=O)N[C@H]1CN[C@H](C(=O)Nc2ccc(SCc3ccccc3)cc2)C1. The van der Waals surface area contributed by atoms with Gasteiger partial charge in [-0.2, -0.15) is 0 Å². The second-order valence-electron chi connectivity index (χ2n) is 6.45. The van der Waals surface area contributed by atoms with Crippen molar-refractivity contribution in [3.8, 4) is 0 Å². The molecule has 2 atom stereocenters. The summed E-state index contributed by atoms with van der Waals surface area (Å²) in [5.41, 5.74) is 7.35. The van der Waals surface area contributed by atoms with Gasteiger partial charge in [0.25, 0.3) is 0 Å². The number of amides is 2. The molecule has 1 aliphatic rings. The number of hydrogen-bond acceptors (Lipinski definition) is 5. The first kappa shape index (κ1) is 25.3. The molecule has 9 heteroatoms. The molecule has 158 valence electrons. The largest absolute Gasteiger partial charge is 0.351 e. The highest BCUT2D eigenvalue weighted by molar-refractivity contribution is 7.98. The Morgan fingerprint density at radius 3 is 2.41 bits per heavy atom. The first-order valence-electron chi connectivity index (χ1n) is 8.94. The summed E-state index contributed by atoms with van der Waals surface area (Å²) in [5, 5.41) is 8.86. The Morgan fingerprint density at radius 2 is 1.76 bits per heavy atom. The number of anilines is 1. The van der Waals surface area contributed by atoms with Gasteiger partial charge in [0.1, 0.15) is 0 Å². The van der Waals surface area contributed by atoms with E-state index in [0.717, 1.165) is 16.3 Å². The van der Waals surface area contributed by atoms with Crippen LogP contribution in [0.1, 0.15) is 12.0 Å². The predicted molar refractivity (Wildman–Crippen MR) is 123 cm³/mol. The standard InChI is InChI=1S/C20H24N4O2S.2ClH/c21-11-19(25)23-16-10-18(22-12-16)20(26)24-15-6-8-17(9-7-15)27-13-14-4-2-1-3-5-14;;/h1-9,16,18,22H,10-13,21H2,(H,23,25)(H,24,26);2*1H/t16-,18+;;/m1../s1. The number of nitrogens with two attached hydrogens (primary N) is 1. The molecule has 1 aliphatic heterocycles. The average molecular weight is 457 g/mol. The number of halogens is 2. The van der Waals surface area contributed by atoms with Gasteiger partial charge in [-0.05, 0) is 36.2 Å². The van der Waals surface area contributed by atoms with Gasteiger partial charge in [-0.25, -0.2) is 0 Å². The topological polar surface area (TPSA) is 96.2 Å². The lowest BCUT2D eigenvalue weighted by Crippen LogP contribution is -2.39. The molecule has 6 nitrogen and oxygen atoms in total. The van der Waals surface area contributed by atoms with Crippen LogP contribution in [0.2, 0.25) is 0 Å². The van der Waals surface area contributed by atoms with Gasteiger partial charge in [0, 0.05) is 28.9 Å². The van der Waals surface area contributed by atoms with Crippen molar-refractivity contribution in [3.63, 3.8) is 0 Å². The van der Waals surface area contributed by atoms with E-state index >= 15 is 0 Å². The Hall–Kier alpha value is -1.77. The van der Waals surface area contributed by atoms with Crippen molar-refractivity contribution in [1.29, 1.82) is 0 Å². The van der Waals surface area contributed by atoms with Crippen molar-refractivity contribution >= 4 is 54.1 Å². The molecule has 1 heterocycles. The van der Waals surface area contributed by atoms with Crippen LogP contribution in [0.25, 0.3) is 0 Å². The summed E-state index contributed by atoms with van der Waals surface area (Å²) in [4.78, 5) is 24.9. The summed E-state index contributed by atoms with van der Waals surface area (Å²) in [5.74, 6) is 0.615. The maximum Gasteiger partial charge on any atom is 0.241 e. The Balaban J connectivity index is 0.00000210. The third-order valence-corrected chi connectivity index (χ3v) is 5.45. The Morgan fingerprint density at radius 1 is 1.07 bits per heavy atom. The zero-order valence-corrected chi connectivity index (χ0v) is 18.2. The first-order chi connectivity index (χ1) is 13.1. The van der Waals surface area contributed by atoms with E-state index in [0.29, 0.717) is 13.0 Å². The van der Waals surface area contributed by atoms with Gasteiger partial charge < -0.3 is 21.7 Å². The van der Waals surface area contributed by atoms with Crippen LogP contribution in [0, 0.1) is 0 Å². The third-order valence-electron chi connectivity index (χ3n) is 4.37. The summed E-state index contributed by atoms with van der Waals surface area (Å²) in [6.45, 7) is 0.529. The normalized spacial score (nSPS) is 17.6. The molecule has 0 spiro atoms. The molecule has 1 saturated heterocycles. The van der Waals surface area contributed by atoms with Crippen LogP contribution in [-0.4, -0.2) is 37.0 Å². The van der Waals surface area contributed by atoms with Gasteiger partial charge in [-0.3, -0.25) is 9.59 Å². The summed E-state index contributed by atoms with van der Waals surface area (Å²) < 4.78 is 0. The van der Waals surface area contributed by atoms with Gasteiger partial charge in [0.15, 0.2) is 0 Å². The minimum absolute atomic E-state index is 0. The maximum atomic E-state index is 12.4. The zero-order chi connectivity index (χ0) is 19.1. The Bertz CT molecular complexity index is 778. The number of carbonyl (C=O) groups excluding carboxylic acids is 2. The van der Waals surface area contributed by atoms with Crippen LogP contribution in [0.4, 0.5) is 5.69 Å². The third kappa shape index (κ3) is 7.87. The number of rotatable bonds is 7. The molecular formula is C20H26Cl2N4O2S. The highest BCUT2D eigenvalue weighted by atomic mass is 35.5. The molecule has 0 saturated carbocycles. The van der Waals surface area contributed by atoms with Gasteiger partial charge in [0.2, 0.25) is 11.8 Å². The predicted octanol–water partition coefficient (Wildman–Crippen LogP) is 2.57. The Kier molecular flexibility index (Phi) is 11.1. The minimum atomic E-state index is -0.319. The second-order valence-corrected chi connectivity index (χ2v) is 7.50. The lowest BCUT2D eigenvalue weighted by atomic mass is 10.1. The Labute approximate surface area is 187 Å². The molecule has 2 aromatic carbocycles. The number of carbonyl (C=O) groups is 2. The molecule has 0 bridgehead atoms. The molecular weight excluding hydrogens is 431 g/mol. The van der Waals surface area contributed by atoms with E-state index < -0.39 is 0 Å². The number of hydrogen-bond donors (Lipinski definition) is 4. The molecule has 29 heavy (non-hydrogen) atoms. The van der Waals surface area contributed by atoms with Crippen molar-refractivity contribution in [1.82, 2.24) is 10.6 Å². The smallest absolute Gasteiger partial charge is 0.241 e. The van der Waals surface area contributed by atoms with E-state index in [9.17, 15) is 9.59 Å². The lowest BCUT2D eigenvalue weighted by molar-refractivity contribution is -0.121. The minimum Gasteiger partial charge on any atom is -0.351 e. The highest BCUT2D eigenvalue weighted by Crippen LogP contribution is 2.24. The number of thioether (sulfide) groups is 1. The van der Waals surface area contributed by atoms with Crippen molar-refractivity contribution < 1.29 is 9.59 Å². The maximum absolute atomic E-state index is 12.4. The van der Waals surface area contributed by atoms with Crippen LogP contribution >= 0.6 is 36.6 Å². The monoisotopic (exact) mass is 456 g/mol. The van der Waals surface area contributed by atoms with Crippen LogP contribution in [0.3, 0.4) is 0 Å². The lowest BCUT2D eigenvalue weighted by Gasteiger charge is -2.12. The van der Waals surface area contributed by atoms with Crippen molar-refractivity contribution in [2.24, 2.45) is 5.73 Å². The van der Waals surface area contributed by atoms with E-state index in [2.05, 4.69) is 28.1 Å². The van der Waals surface area contributed by atoms with Gasteiger partial charge >= 0.3 is 0 Å². The second kappa shape index (κ2) is 12.7. The van der Waals surface area contributed by atoms with Crippen LogP contribution in [0.5, 0.6) is 0 Å².